The zero-order chi connectivity index (χ0) is 11.6. The van der Waals surface area contributed by atoms with Crippen molar-refractivity contribution >= 4 is 5.78 Å². The van der Waals surface area contributed by atoms with Gasteiger partial charge in [-0.2, -0.15) is 0 Å². The van der Waals surface area contributed by atoms with E-state index >= 15 is 0 Å². The summed E-state index contributed by atoms with van der Waals surface area (Å²) >= 11 is 0. The second-order valence-corrected chi connectivity index (χ2v) is 5.93. The van der Waals surface area contributed by atoms with Gasteiger partial charge in [0.2, 0.25) is 0 Å². The predicted octanol–water partition coefficient (Wildman–Crippen LogP) is 3.08. The number of aliphatic hydroxyl groups is 1. The van der Waals surface area contributed by atoms with Gasteiger partial charge in [-0.15, -0.1) is 0 Å². The molecule has 0 aromatic heterocycles. The lowest BCUT2D eigenvalue weighted by atomic mass is 9.71. The molecule has 16 heavy (non-hydrogen) atoms. The fraction of sp³-hybridized carbons (Fsp3) is 0.929. The summed E-state index contributed by atoms with van der Waals surface area (Å²) in [6, 6.07) is 0. The highest BCUT2D eigenvalue weighted by Crippen LogP contribution is 2.37. The van der Waals surface area contributed by atoms with Gasteiger partial charge in [0, 0.05) is 5.92 Å². The van der Waals surface area contributed by atoms with Crippen LogP contribution in [0.15, 0.2) is 0 Å². The Hall–Kier alpha value is -0.370. The third-order valence-corrected chi connectivity index (χ3v) is 4.45. The van der Waals surface area contributed by atoms with Crippen molar-refractivity contribution < 1.29 is 9.90 Å². The first-order chi connectivity index (χ1) is 7.62. The predicted molar refractivity (Wildman–Crippen MR) is 64.2 cm³/mol. The molecule has 2 aliphatic rings. The highest BCUT2D eigenvalue weighted by molar-refractivity contribution is 5.89. The summed E-state index contributed by atoms with van der Waals surface area (Å²) < 4.78 is 0. The second-order valence-electron chi connectivity index (χ2n) is 5.93. The number of carbonyl (C=O) groups excluding carboxylic acids is 1. The van der Waals surface area contributed by atoms with Crippen molar-refractivity contribution in [2.24, 2.45) is 11.8 Å². The quantitative estimate of drug-likeness (QED) is 0.782. The molecule has 0 saturated heterocycles. The average molecular weight is 224 g/mol. The van der Waals surface area contributed by atoms with Crippen molar-refractivity contribution in [2.45, 2.75) is 70.3 Å². The maximum Gasteiger partial charge on any atom is 0.167 e. The highest BCUT2D eigenvalue weighted by Gasteiger charge is 2.41. The summed E-state index contributed by atoms with van der Waals surface area (Å²) in [6.07, 6.45) is 9.04. The van der Waals surface area contributed by atoms with E-state index in [9.17, 15) is 9.90 Å². The highest BCUT2D eigenvalue weighted by atomic mass is 16.3. The van der Waals surface area contributed by atoms with E-state index in [4.69, 9.17) is 0 Å². The topological polar surface area (TPSA) is 37.3 Å². The number of ketones is 1. The monoisotopic (exact) mass is 224 g/mol. The Morgan fingerprint density at radius 1 is 1.12 bits per heavy atom. The molecule has 1 N–H and O–H groups in total. The van der Waals surface area contributed by atoms with Crippen LogP contribution in [0.5, 0.6) is 0 Å². The lowest BCUT2D eigenvalue weighted by molar-refractivity contribution is -0.146. The van der Waals surface area contributed by atoms with Gasteiger partial charge < -0.3 is 5.11 Å². The van der Waals surface area contributed by atoms with Gasteiger partial charge in [0.1, 0.15) is 5.60 Å². The normalized spacial score (nSPS) is 34.6. The van der Waals surface area contributed by atoms with E-state index in [2.05, 4.69) is 6.92 Å². The molecule has 2 nitrogen and oxygen atoms in total. The Kier molecular flexibility index (Phi) is 3.68. The molecule has 2 rings (SSSR count). The van der Waals surface area contributed by atoms with Gasteiger partial charge in [0.25, 0.3) is 0 Å². The van der Waals surface area contributed by atoms with Crippen molar-refractivity contribution in [3.63, 3.8) is 0 Å². The van der Waals surface area contributed by atoms with E-state index < -0.39 is 5.60 Å². The smallest absolute Gasteiger partial charge is 0.167 e. The number of rotatable bonds is 2. The molecule has 2 atom stereocenters. The van der Waals surface area contributed by atoms with Gasteiger partial charge >= 0.3 is 0 Å². The van der Waals surface area contributed by atoms with E-state index in [0.717, 1.165) is 32.1 Å². The summed E-state index contributed by atoms with van der Waals surface area (Å²) in [5, 5.41) is 10.4. The molecule has 0 bridgehead atoms. The maximum absolute atomic E-state index is 12.4. The molecule has 0 amide bonds. The molecule has 0 aromatic rings. The van der Waals surface area contributed by atoms with Gasteiger partial charge in [-0.25, -0.2) is 0 Å². The van der Waals surface area contributed by atoms with E-state index in [0.29, 0.717) is 18.8 Å². The Balaban J connectivity index is 1.99. The first kappa shape index (κ1) is 12.1. The molecule has 0 aromatic carbocycles. The molecule has 2 heteroatoms. The summed E-state index contributed by atoms with van der Waals surface area (Å²) in [7, 11) is 0. The van der Waals surface area contributed by atoms with Crippen LogP contribution in [-0.2, 0) is 4.79 Å². The zero-order valence-corrected chi connectivity index (χ0v) is 10.4. The largest absolute Gasteiger partial charge is 0.382 e. The summed E-state index contributed by atoms with van der Waals surface area (Å²) in [5.41, 5.74) is -0.958. The molecule has 0 aliphatic heterocycles. The van der Waals surface area contributed by atoms with Crippen LogP contribution in [0.3, 0.4) is 0 Å². The molecule has 2 saturated carbocycles. The molecular formula is C14H24O2. The molecule has 92 valence electrons. The number of hydrogen-bond acceptors (Lipinski definition) is 2. The van der Waals surface area contributed by atoms with Crippen LogP contribution in [0.4, 0.5) is 0 Å². The number of Topliss-reactive ketones (excluding diaryl/α,β-unsaturated/α-hetero) is 1. The molecule has 0 spiro atoms. The van der Waals surface area contributed by atoms with Gasteiger partial charge in [0.05, 0.1) is 0 Å². The molecule has 0 radical (unpaired) electrons. The third-order valence-electron chi connectivity index (χ3n) is 4.45. The standard InChI is InChI=1S/C14H24O2/c1-11-6-5-7-12(10-11)13(15)14(16)8-3-2-4-9-14/h11-12,16H,2-10H2,1H3. The molecular weight excluding hydrogens is 200 g/mol. The van der Waals surface area contributed by atoms with Crippen molar-refractivity contribution in [3.8, 4) is 0 Å². The lowest BCUT2D eigenvalue weighted by Crippen LogP contribution is -2.45. The van der Waals surface area contributed by atoms with E-state index in [1.165, 1.54) is 12.8 Å². The Bertz CT molecular complexity index is 253. The average Bonchev–Trinajstić information content (AvgIpc) is 2.29. The maximum atomic E-state index is 12.4. The van der Waals surface area contributed by atoms with Gasteiger partial charge in [0.15, 0.2) is 5.78 Å². The first-order valence-electron chi connectivity index (χ1n) is 6.88. The van der Waals surface area contributed by atoms with Crippen molar-refractivity contribution in [1.82, 2.24) is 0 Å². The van der Waals surface area contributed by atoms with Crippen molar-refractivity contribution in [2.75, 3.05) is 0 Å². The van der Waals surface area contributed by atoms with Gasteiger partial charge in [-0.1, -0.05) is 39.0 Å². The van der Waals surface area contributed by atoms with Crippen LogP contribution in [0.1, 0.15) is 64.7 Å². The van der Waals surface area contributed by atoms with Gasteiger partial charge in [-0.3, -0.25) is 4.79 Å². The van der Waals surface area contributed by atoms with Crippen LogP contribution in [0, 0.1) is 11.8 Å². The van der Waals surface area contributed by atoms with Crippen LogP contribution >= 0.6 is 0 Å². The van der Waals surface area contributed by atoms with Gasteiger partial charge in [-0.05, 0) is 31.6 Å². The van der Waals surface area contributed by atoms with Crippen molar-refractivity contribution in [3.05, 3.63) is 0 Å². The third kappa shape index (κ3) is 2.48. The minimum Gasteiger partial charge on any atom is -0.382 e. The summed E-state index contributed by atoms with van der Waals surface area (Å²) in [6.45, 7) is 2.23. The van der Waals surface area contributed by atoms with E-state index in [1.807, 2.05) is 0 Å². The number of hydrogen-bond donors (Lipinski definition) is 1. The van der Waals surface area contributed by atoms with E-state index in [-0.39, 0.29) is 11.7 Å². The van der Waals surface area contributed by atoms with Crippen molar-refractivity contribution in [1.29, 1.82) is 0 Å². The second kappa shape index (κ2) is 4.87. The van der Waals surface area contributed by atoms with Crippen LogP contribution in [-0.4, -0.2) is 16.5 Å². The molecule has 2 fully saturated rings. The summed E-state index contributed by atoms with van der Waals surface area (Å²) in [4.78, 5) is 12.4. The molecule has 2 aliphatic carbocycles. The fourth-order valence-electron chi connectivity index (χ4n) is 3.44. The minimum absolute atomic E-state index is 0.145. The minimum atomic E-state index is -0.958. The Morgan fingerprint density at radius 2 is 1.81 bits per heavy atom. The van der Waals surface area contributed by atoms with Crippen LogP contribution < -0.4 is 0 Å². The SMILES string of the molecule is CC1CCCC(C(=O)C2(O)CCCCC2)C1. The Labute approximate surface area is 98.4 Å². The fourth-order valence-corrected chi connectivity index (χ4v) is 3.44. The Morgan fingerprint density at radius 3 is 2.44 bits per heavy atom. The molecule has 0 heterocycles. The van der Waals surface area contributed by atoms with Crippen LogP contribution in [0.25, 0.3) is 0 Å². The van der Waals surface area contributed by atoms with E-state index in [1.54, 1.807) is 0 Å². The zero-order valence-electron chi connectivity index (χ0n) is 10.4. The first-order valence-corrected chi connectivity index (χ1v) is 6.88. The summed E-state index contributed by atoms with van der Waals surface area (Å²) in [5.74, 6) is 0.973. The molecule has 2 unspecified atom stereocenters. The lowest BCUT2D eigenvalue weighted by Gasteiger charge is -2.36. The van der Waals surface area contributed by atoms with Crippen LogP contribution in [0.2, 0.25) is 0 Å². The number of carbonyl (C=O) groups is 1.